The van der Waals surface area contributed by atoms with Gasteiger partial charge in [0.1, 0.15) is 10.8 Å². The van der Waals surface area contributed by atoms with Crippen LogP contribution in [-0.4, -0.2) is 24.6 Å². The molecule has 8 heteroatoms. The molecule has 0 fully saturated rings. The zero-order chi connectivity index (χ0) is 20.3. The van der Waals surface area contributed by atoms with E-state index in [9.17, 15) is 9.59 Å². The van der Waals surface area contributed by atoms with Gasteiger partial charge in [0.2, 0.25) is 0 Å². The van der Waals surface area contributed by atoms with Crippen LogP contribution in [0.2, 0.25) is 10.0 Å². The Morgan fingerprint density at radius 3 is 2.68 bits per heavy atom. The highest BCUT2D eigenvalue weighted by molar-refractivity contribution is 7.17. The highest BCUT2D eigenvalue weighted by Gasteiger charge is 2.28. The van der Waals surface area contributed by atoms with Crippen LogP contribution in [0.4, 0.5) is 5.00 Å². The number of ether oxygens (including phenoxy) is 2. The third kappa shape index (κ3) is 4.99. The first-order chi connectivity index (χ1) is 13.3. The molecule has 28 heavy (non-hydrogen) atoms. The minimum atomic E-state index is -0.397. The average Bonchev–Trinajstić information content (AvgIpc) is 2.98. The van der Waals surface area contributed by atoms with Crippen molar-refractivity contribution in [3.63, 3.8) is 0 Å². The second-order valence-corrected chi connectivity index (χ2v) is 8.73. The van der Waals surface area contributed by atoms with Gasteiger partial charge < -0.3 is 14.8 Å². The van der Waals surface area contributed by atoms with Crippen LogP contribution in [-0.2, 0) is 22.4 Å². The Morgan fingerprint density at radius 2 is 1.96 bits per heavy atom. The predicted molar refractivity (Wildman–Crippen MR) is 112 cm³/mol. The molecule has 0 atom stereocenters. The zero-order valence-corrected chi connectivity index (χ0v) is 18.0. The summed E-state index contributed by atoms with van der Waals surface area (Å²) in [5.74, 6) is -0.402. The molecule has 1 amide bonds. The van der Waals surface area contributed by atoms with E-state index in [1.807, 2.05) is 0 Å². The van der Waals surface area contributed by atoms with Crippen molar-refractivity contribution in [2.45, 2.75) is 45.6 Å². The topological polar surface area (TPSA) is 64.6 Å². The summed E-state index contributed by atoms with van der Waals surface area (Å²) in [6.45, 7) is 3.37. The Hall–Kier alpha value is -1.76. The average molecular weight is 442 g/mol. The number of halogens is 2. The molecule has 0 aliphatic heterocycles. The molecule has 0 bridgehead atoms. The monoisotopic (exact) mass is 441 g/mol. The fraction of sp³-hybridized carbons (Fsp3) is 0.400. The first-order valence-electron chi connectivity index (χ1n) is 9.08. The maximum absolute atomic E-state index is 12.6. The summed E-state index contributed by atoms with van der Waals surface area (Å²) in [7, 11) is 0. The molecule has 1 aliphatic rings. The summed E-state index contributed by atoms with van der Waals surface area (Å²) < 4.78 is 10.9. The van der Waals surface area contributed by atoms with Crippen molar-refractivity contribution in [3.05, 3.63) is 44.2 Å². The number of fused-ring (bicyclic) bond motifs is 1. The van der Waals surface area contributed by atoms with Crippen LogP contribution in [0.5, 0.6) is 5.75 Å². The summed E-state index contributed by atoms with van der Waals surface area (Å²) in [5, 5.41) is 4.14. The molecule has 0 spiro atoms. The number of esters is 1. The second kappa shape index (κ2) is 9.16. The molecule has 0 radical (unpaired) electrons. The van der Waals surface area contributed by atoms with Crippen LogP contribution in [0.15, 0.2) is 18.2 Å². The lowest BCUT2D eigenvalue weighted by molar-refractivity contribution is -0.118. The maximum Gasteiger partial charge on any atom is 0.341 e. The molecule has 1 heterocycles. The molecular weight excluding hydrogens is 421 g/mol. The highest BCUT2D eigenvalue weighted by Crippen LogP contribution is 2.38. The first-order valence-corrected chi connectivity index (χ1v) is 10.7. The van der Waals surface area contributed by atoms with Crippen molar-refractivity contribution in [3.8, 4) is 5.75 Å². The molecule has 0 saturated heterocycles. The third-order valence-corrected chi connectivity index (χ3v) is 5.96. The number of hydrogen-bond acceptors (Lipinski definition) is 5. The number of thiophene rings is 1. The van der Waals surface area contributed by atoms with E-state index < -0.39 is 5.97 Å². The molecule has 5 nitrogen and oxygen atoms in total. The van der Waals surface area contributed by atoms with E-state index in [1.165, 1.54) is 11.3 Å². The number of aryl methyl sites for hydroxylation is 1. The molecule has 1 aliphatic carbocycles. The minimum Gasteiger partial charge on any atom is -0.482 e. The number of rotatable bonds is 6. The van der Waals surface area contributed by atoms with Crippen LogP contribution in [0.3, 0.4) is 0 Å². The molecule has 2 aromatic rings. The number of carbonyl (C=O) groups is 2. The van der Waals surface area contributed by atoms with Crippen LogP contribution in [0, 0.1) is 0 Å². The molecule has 1 aromatic carbocycles. The fourth-order valence-corrected chi connectivity index (χ4v) is 4.80. The Morgan fingerprint density at radius 1 is 1.21 bits per heavy atom. The van der Waals surface area contributed by atoms with E-state index >= 15 is 0 Å². The van der Waals surface area contributed by atoms with E-state index in [4.69, 9.17) is 32.7 Å². The minimum absolute atomic E-state index is 0.231. The quantitative estimate of drug-likeness (QED) is 0.599. The van der Waals surface area contributed by atoms with Gasteiger partial charge in [0.05, 0.1) is 16.7 Å². The number of hydrogen-bond donors (Lipinski definition) is 1. The van der Waals surface area contributed by atoms with Gasteiger partial charge in [-0.1, -0.05) is 23.2 Å². The summed E-state index contributed by atoms with van der Waals surface area (Å²) >= 11 is 13.4. The van der Waals surface area contributed by atoms with Gasteiger partial charge in [-0.3, -0.25) is 4.79 Å². The predicted octanol–water partition coefficient (Wildman–Crippen LogP) is 5.52. The SMILES string of the molecule is CC(C)OC(=O)c1c(NC(=O)COc2ccc(Cl)cc2Cl)sc2c1CCCC2. The van der Waals surface area contributed by atoms with Crippen molar-refractivity contribution in [2.75, 3.05) is 11.9 Å². The summed E-state index contributed by atoms with van der Waals surface area (Å²) in [5.41, 5.74) is 1.48. The van der Waals surface area contributed by atoms with Crippen molar-refractivity contribution in [2.24, 2.45) is 0 Å². The summed E-state index contributed by atoms with van der Waals surface area (Å²) in [6.07, 6.45) is 3.61. The van der Waals surface area contributed by atoms with Crippen LogP contribution in [0.25, 0.3) is 0 Å². The number of benzene rings is 1. The standard InChI is InChI=1S/C20H21Cl2NO4S/c1-11(2)27-20(25)18-13-5-3-4-6-16(13)28-19(18)23-17(24)10-26-15-8-7-12(21)9-14(15)22/h7-9,11H,3-6,10H2,1-2H3,(H,23,24). The lowest BCUT2D eigenvalue weighted by Crippen LogP contribution is -2.22. The normalized spacial score (nSPS) is 13.2. The first kappa shape index (κ1) is 21.0. The van der Waals surface area contributed by atoms with E-state index in [-0.39, 0.29) is 18.6 Å². The van der Waals surface area contributed by atoms with E-state index in [1.54, 1.807) is 32.0 Å². The summed E-state index contributed by atoms with van der Waals surface area (Å²) in [6, 6.07) is 4.78. The lowest BCUT2D eigenvalue weighted by atomic mass is 9.95. The molecule has 150 valence electrons. The van der Waals surface area contributed by atoms with Gasteiger partial charge in [0.25, 0.3) is 5.91 Å². The van der Waals surface area contributed by atoms with Gasteiger partial charge in [-0.15, -0.1) is 11.3 Å². The Balaban J connectivity index is 1.74. The number of anilines is 1. The maximum atomic E-state index is 12.6. The van der Waals surface area contributed by atoms with Gasteiger partial charge in [0, 0.05) is 9.90 Å². The number of amides is 1. The van der Waals surface area contributed by atoms with E-state index in [2.05, 4.69) is 5.32 Å². The molecule has 3 rings (SSSR count). The smallest absolute Gasteiger partial charge is 0.341 e. The Kier molecular flexibility index (Phi) is 6.86. The highest BCUT2D eigenvalue weighted by atomic mass is 35.5. The second-order valence-electron chi connectivity index (χ2n) is 6.78. The fourth-order valence-electron chi connectivity index (χ4n) is 3.04. The third-order valence-electron chi connectivity index (χ3n) is 4.22. The molecule has 1 aromatic heterocycles. The van der Waals surface area contributed by atoms with Crippen molar-refractivity contribution in [1.29, 1.82) is 0 Å². The largest absolute Gasteiger partial charge is 0.482 e. The van der Waals surface area contributed by atoms with Crippen molar-refractivity contribution < 1.29 is 19.1 Å². The molecule has 0 unspecified atom stereocenters. The van der Waals surface area contributed by atoms with Crippen molar-refractivity contribution in [1.82, 2.24) is 0 Å². The van der Waals surface area contributed by atoms with Gasteiger partial charge in [0.15, 0.2) is 6.61 Å². The van der Waals surface area contributed by atoms with Gasteiger partial charge >= 0.3 is 5.97 Å². The van der Waals surface area contributed by atoms with Crippen LogP contribution in [0.1, 0.15) is 47.5 Å². The van der Waals surface area contributed by atoms with E-state index in [0.29, 0.717) is 26.4 Å². The van der Waals surface area contributed by atoms with Crippen molar-refractivity contribution >= 4 is 51.4 Å². The summed E-state index contributed by atoms with van der Waals surface area (Å²) in [4.78, 5) is 26.2. The van der Waals surface area contributed by atoms with Gasteiger partial charge in [-0.25, -0.2) is 4.79 Å². The zero-order valence-electron chi connectivity index (χ0n) is 15.6. The Labute approximate surface area is 177 Å². The van der Waals surface area contributed by atoms with E-state index in [0.717, 1.165) is 36.1 Å². The molecule has 0 saturated carbocycles. The lowest BCUT2D eigenvalue weighted by Gasteiger charge is -2.14. The molecular formula is C20H21Cl2NO4S. The molecule has 1 N–H and O–H groups in total. The van der Waals surface area contributed by atoms with Crippen LogP contribution < -0.4 is 10.1 Å². The van der Waals surface area contributed by atoms with Gasteiger partial charge in [-0.05, 0) is 63.3 Å². The Bertz CT molecular complexity index is 895. The van der Waals surface area contributed by atoms with Gasteiger partial charge in [-0.2, -0.15) is 0 Å². The van der Waals surface area contributed by atoms with Crippen LogP contribution >= 0.6 is 34.5 Å². The number of carbonyl (C=O) groups excluding carboxylic acids is 2. The number of nitrogens with one attached hydrogen (secondary N) is 1.